The number of fused-ring (bicyclic) bond motifs is 1. The van der Waals surface area contributed by atoms with Crippen LogP contribution >= 0.6 is 0 Å². The number of methoxy groups -OCH3 is 1. The van der Waals surface area contributed by atoms with Gasteiger partial charge >= 0.3 is 0 Å². The van der Waals surface area contributed by atoms with E-state index in [0.29, 0.717) is 17.0 Å². The molecule has 1 N–H and O–H groups in total. The van der Waals surface area contributed by atoms with Crippen molar-refractivity contribution in [2.24, 2.45) is 0 Å². The van der Waals surface area contributed by atoms with Crippen LogP contribution in [0.2, 0.25) is 0 Å². The van der Waals surface area contributed by atoms with Crippen molar-refractivity contribution in [3.63, 3.8) is 0 Å². The zero-order valence-corrected chi connectivity index (χ0v) is 22.7. The Labute approximate surface area is 219 Å². The van der Waals surface area contributed by atoms with E-state index in [1.54, 1.807) is 43.5 Å². The van der Waals surface area contributed by atoms with Gasteiger partial charge in [-0.3, -0.25) is 9.10 Å². The highest BCUT2D eigenvalue weighted by molar-refractivity contribution is 7.92. The molecule has 0 unspecified atom stereocenters. The second kappa shape index (κ2) is 10.8. The zero-order chi connectivity index (χ0) is 26.7. The molecule has 3 aromatic carbocycles. The topological polar surface area (TPSA) is 84.9 Å². The summed E-state index contributed by atoms with van der Waals surface area (Å²) in [4.78, 5) is 13.4. The number of para-hydroxylation sites is 2. The number of nitrogens with zero attached hydrogens (tertiary/aromatic N) is 1. The van der Waals surface area contributed by atoms with E-state index in [1.807, 2.05) is 38.1 Å². The smallest absolute Gasteiger partial charge is 0.263 e. The molecule has 196 valence electrons. The number of carbonyl (C=O) groups excluding carboxylic acids is 1. The second-order valence-electron chi connectivity index (χ2n) is 9.68. The van der Waals surface area contributed by atoms with E-state index in [4.69, 9.17) is 9.47 Å². The highest BCUT2D eigenvalue weighted by Crippen LogP contribution is 2.36. The molecule has 37 heavy (non-hydrogen) atoms. The van der Waals surface area contributed by atoms with Gasteiger partial charge in [0.05, 0.1) is 31.1 Å². The highest BCUT2D eigenvalue weighted by Gasteiger charge is 2.37. The monoisotopic (exact) mass is 522 g/mol. The minimum absolute atomic E-state index is 0.108. The van der Waals surface area contributed by atoms with Crippen molar-refractivity contribution in [2.75, 3.05) is 18.0 Å². The summed E-state index contributed by atoms with van der Waals surface area (Å²) in [5.74, 6) is 0.889. The quantitative estimate of drug-likeness (QED) is 0.445. The molecule has 1 heterocycles. The SMILES string of the molecule is COc1cc(C)c([C@@H](C)NC(=O)[C@H]2CN(S(=O)(=O)Cc3ccccc3)c3ccccc3O2)cc1C(C)C. The summed E-state index contributed by atoms with van der Waals surface area (Å²) in [6.07, 6.45) is -0.994. The van der Waals surface area contributed by atoms with Gasteiger partial charge in [-0.1, -0.05) is 56.3 Å². The maximum Gasteiger partial charge on any atom is 0.263 e. The molecule has 0 aliphatic carbocycles. The Bertz CT molecular complexity index is 1370. The molecule has 8 heteroatoms. The van der Waals surface area contributed by atoms with Crippen LogP contribution in [0.15, 0.2) is 66.7 Å². The van der Waals surface area contributed by atoms with Gasteiger partial charge < -0.3 is 14.8 Å². The lowest BCUT2D eigenvalue weighted by Gasteiger charge is -2.35. The Morgan fingerprint density at radius 1 is 1.05 bits per heavy atom. The van der Waals surface area contributed by atoms with Crippen molar-refractivity contribution in [1.82, 2.24) is 5.32 Å². The van der Waals surface area contributed by atoms with Crippen LogP contribution in [0.25, 0.3) is 0 Å². The number of sulfonamides is 1. The Morgan fingerprint density at radius 3 is 2.41 bits per heavy atom. The summed E-state index contributed by atoms with van der Waals surface area (Å²) in [5.41, 5.74) is 4.14. The summed E-state index contributed by atoms with van der Waals surface area (Å²) in [7, 11) is -2.11. The molecule has 0 saturated carbocycles. The molecule has 7 nitrogen and oxygen atoms in total. The molecular weight excluding hydrogens is 488 g/mol. The summed E-state index contributed by atoms with van der Waals surface area (Å²) in [6, 6.07) is 19.7. The molecule has 0 radical (unpaired) electrons. The normalized spacial score (nSPS) is 16.1. The lowest BCUT2D eigenvalue weighted by atomic mass is 9.93. The predicted octanol–water partition coefficient (Wildman–Crippen LogP) is 5.10. The van der Waals surface area contributed by atoms with Crippen molar-refractivity contribution in [3.8, 4) is 11.5 Å². The second-order valence-corrected chi connectivity index (χ2v) is 11.6. The number of hydrogen-bond acceptors (Lipinski definition) is 5. The summed E-state index contributed by atoms with van der Waals surface area (Å²) in [5, 5.41) is 3.04. The van der Waals surface area contributed by atoms with Crippen LogP contribution in [-0.4, -0.2) is 34.1 Å². The number of anilines is 1. The van der Waals surface area contributed by atoms with E-state index in [9.17, 15) is 13.2 Å². The first-order valence-corrected chi connectivity index (χ1v) is 14.0. The van der Waals surface area contributed by atoms with E-state index in [-0.39, 0.29) is 30.2 Å². The van der Waals surface area contributed by atoms with Gasteiger partial charge in [-0.2, -0.15) is 0 Å². The van der Waals surface area contributed by atoms with Crippen LogP contribution in [0, 0.1) is 6.92 Å². The predicted molar refractivity (Wildman–Crippen MR) is 146 cm³/mol. The van der Waals surface area contributed by atoms with Gasteiger partial charge in [-0.15, -0.1) is 0 Å². The van der Waals surface area contributed by atoms with Crippen molar-refractivity contribution in [3.05, 3.63) is 89.0 Å². The first kappa shape index (κ1) is 26.5. The molecule has 0 bridgehead atoms. The first-order valence-electron chi connectivity index (χ1n) is 12.4. The largest absolute Gasteiger partial charge is 0.496 e. The fourth-order valence-corrected chi connectivity index (χ4v) is 6.24. The Morgan fingerprint density at radius 2 is 1.73 bits per heavy atom. The average Bonchev–Trinajstić information content (AvgIpc) is 2.87. The fourth-order valence-electron chi connectivity index (χ4n) is 4.66. The molecule has 0 spiro atoms. The molecular formula is C29H34N2O5S. The lowest BCUT2D eigenvalue weighted by molar-refractivity contribution is -0.128. The van der Waals surface area contributed by atoms with Crippen LogP contribution < -0.4 is 19.1 Å². The number of carbonyl (C=O) groups is 1. The maximum atomic E-state index is 13.5. The third-order valence-electron chi connectivity index (χ3n) is 6.62. The van der Waals surface area contributed by atoms with Gasteiger partial charge in [0.1, 0.15) is 11.5 Å². The van der Waals surface area contributed by atoms with Gasteiger partial charge in [0.15, 0.2) is 6.10 Å². The third-order valence-corrected chi connectivity index (χ3v) is 8.34. The van der Waals surface area contributed by atoms with E-state index < -0.39 is 16.1 Å². The van der Waals surface area contributed by atoms with Gasteiger partial charge in [-0.05, 0) is 66.3 Å². The van der Waals surface area contributed by atoms with E-state index in [1.165, 1.54) is 4.31 Å². The fraction of sp³-hybridized carbons (Fsp3) is 0.345. The van der Waals surface area contributed by atoms with Gasteiger partial charge in [0.2, 0.25) is 10.0 Å². The number of nitrogens with one attached hydrogen (secondary N) is 1. The van der Waals surface area contributed by atoms with E-state index in [0.717, 1.165) is 22.4 Å². The molecule has 3 aromatic rings. The van der Waals surface area contributed by atoms with Crippen LogP contribution in [0.3, 0.4) is 0 Å². The number of amides is 1. The maximum absolute atomic E-state index is 13.5. The van der Waals surface area contributed by atoms with Crippen LogP contribution in [0.5, 0.6) is 11.5 Å². The molecule has 0 fully saturated rings. The molecule has 2 atom stereocenters. The Kier molecular flexibility index (Phi) is 7.78. The first-order chi connectivity index (χ1) is 17.6. The lowest BCUT2D eigenvalue weighted by Crippen LogP contribution is -2.51. The minimum atomic E-state index is -3.77. The summed E-state index contributed by atoms with van der Waals surface area (Å²) in [6.45, 7) is 7.98. The molecule has 1 aliphatic heterocycles. The number of rotatable bonds is 8. The molecule has 0 saturated heterocycles. The Hall–Kier alpha value is -3.52. The van der Waals surface area contributed by atoms with E-state index >= 15 is 0 Å². The van der Waals surface area contributed by atoms with Crippen molar-refractivity contribution in [1.29, 1.82) is 0 Å². The summed E-state index contributed by atoms with van der Waals surface area (Å²) >= 11 is 0. The minimum Gasteiger partial charge on any atom is -0.496 e. The number of ether oxygens (including phenoxy) is 2. The van der Waals surface area contributed by atoms with Crippen molar-refractivity contribution < 1.29 is 22.7 Å². The zero-order valence-electron chi connectivity index (χ0n) is 21.9. The van der Waals surface area contributed by atoms with Gasteiger partial charge in [0, 0.05) is 0 Å². The average molecular weight is 523 g/mol. The van der Waals surface area contributed by atoms with Crippen molar-refractivity contribution in [2.45, 2.75) is 51.5 Å². The standard InChI is InChI=1S/C29H34N2O5S/c1-19(2)23-16-24(20(3)15-27(23)35-5)21(4)30-29(32)28-17-31(25-13-9-10-14-26(25)36-28)37(33,34)18-22-11-7-6-8-12-22/h6-16,19,21,28H,17-18H2,1-5H3,(H,30,32)/t21-,28-/m1/s1. The van der Waals surface area contributed by atoms with Gasteiger partial charge in [-0.25, -0.2) is 8.42 Å². The molecule has 0 aromatic heterocycles. The Balaban J connectivity index is 1.58. The highest BCUT2D eigenvalue weighted by atomic mass is 32.2. The summed E-state index contributed by atoms with van der Waals surface area (Å²) < 4.78 is 39.8. The van der Waals surface area contributed by atoms with Crippen LogP contribution in [0.4, 0.5) is 5.69 Å². The van der Waals surface area contributed by atoms with E-state index in [2.05, 4.69) is 25.2 Å². The number of aryl methyl sites for hydroxylation is 1. The molecule has 4 rings (SSSR count). The van der Waals surface area contributed by atoms with Crippen molar-refractivity contribution >= 4 is 21.6 Å². The number of benzene rings is 3. The molecule has 1 aliphatic rings. The number of hydrogen-bond donors (Lipinski definition) is 1. The van der Waals surface area contributed by atoms with Crippen LogP contribution in [-0.2, 0) is 20.6 Å². The van der Waals surface area contributed by atoms with Crippen LogP contribution in [0.1, 0.15) is 55.0 Å². The van der Waals surface area contributed by atoms with Gasteiger partial charge in [0.25, 0.3) is 5.91 Å². The molecule has 1 amide bonds. The third kappa shape index (κ3) is 5.74.